The summed E-state index contributed by atoms with van der Waals surface area (Å²) in [4.78, 5) is 13.6. The largest absolute Gasteiger partial charge is 0.379 e. The summed E-state index contributed by atoms with van der Waals surface area (Å²) >= 11 is 0. The fourth-order valence-electron chi connectivity index (χ4n) is 3.25. The van der Waals surface area contributed by atoms with Crippen LogP contribution >= 0.6 is 0 Å². The second-order valence-corrected chi connectivity index (χ2v) is 6.52. The minimum absolute atomic E-state index is 0.751. The Morgan fingerprint density at radius 3 is 2.76 bits per heavy atom. The molecule has 0 aliphatic carbocycles. The number of aliphatic imine (C=N–C) groups is 1. The lowest BCUT2D eigenvalue weighted by Crippen LogP contribution is -2.44. The molecule has 2 saturated heterocycles. The van der Waals surface area contributed by atoms with Crippen molar-refractivity contribution >= 4 is 11.8 Å². The summed E-state index contributed by atoms with van der Waals surface area (Å²) in [7, 11) is 1.81. The number of pyridine rings is 1. The minimum Gasteiger partial charge on any atom is -0.379 e. The molecule has 0 unspecified atom stereocenters. The Hall–Kier alpha value is -1.86. The fourth-order valence-corrected chi connectivity index (χ4v) is 3.25. The topological polar surface area (TPSA) is 65.0 Å². The van der Waals surface area contributed by atoms with Gasteiger partial charge >= 0.3 is 0 Å². The molecule has 0 bridgehead atoms. The van der Waals surface area contributed by atoms with Crippen LogP contribution in [0.2, 0.25) is 0 Å². The molecule has 0 atom stereocenters. The number of rotatable bonds is 6. The zero-order chi connectivity index (χ0) is 17.3. The van der Waals surface area contributed by atoms with Crippen LogP contribution in [-0.2, 0) is 11.3 Å². The Morgan fingerprint density at radius 1 is 1.20 bits per heavy atom. The molecule has 1 aromatic rings. The van der Waals surface area contributed by atoms with Gasteiger partial charge in [0.15, 0.2) is 5.96 Å². The summed E-state index contributed by atoms with van der Waals surface area (Å²) in [5.74, 6) is 1.93. The first kappa shape index (κ1) is 17.9. The molecule has 0 saturated carbocycles. The lowest BCUT2D eigenvalue weighted by atomic mass is 10.2. The predicted octanol–water partition coefficient (Wildman–Crippen LogP) is 0.679. The Balaban J connectivity index is 1.42. The van der Waals surface area contributed by atoms with Crippen LogP contribution in [0.25, 0.3) is 0 Å². The summed E-state index contributed by atoms with van der Waals surface area (Å²) in [5, 5.41) is 6.78. The highest BCUT2D eigenvalue weighted by Crippen LogP contribution is 2.18. The highest BCUT2D eigenvalue weighted by molar-refractivity contribution is 5.79. The number of nitrogens with one attached hydrogen (secondary N) is 2. The standard InChI is InChI=1S/C18H30N6O/c1-19-18(21-6-9-23-10-12-25-13-11-23)22-15-16-4-5-20-17(14-16)24-7-2-3-8-24/h4-5,14H,2-3,6-13,15H2,1H3,(H2,19,21,22). The maximum atomic E-state index is 5.38. The van der Waals surface area contributed by atoms with Crippen molar-refractivity contribution in [1.82, 2.24) is 20.5 Å². The molecule has 25 heavy (non-hydrogen) atoms. The van der Waals surface area contributed by atoms with Gasteiger partial charge in [-0.1, -0.05) is 0 Å². The van der Waals surface area contributed by atoms with Crippen LogP contribution in [0, 0.1) is 0 Å². The van der Waals surface area contributed by atoms with Crippen LogP contribution in [0.15, 0.2) is 23.3 Å². The molecular formula is C18H30N6O. The highest BCUT2D eigenvalue weighted by Gasteiger charge is 2.13. The maximum absolute atomic E-state index is 5.38. The molecule has 3 heterocycles. The molecule has 7 heteroatoms. The normalized spacial score (nSPS) is 19.2. The van der Waals surface area contributed by atoms with Crippen molar-refractivity contribution in [3.8, 4) is 0 Å². The second kappa shape index (κ2) is 9.58. The first-order valence-corrected chi connectivity index (χ1v) is 9.29. The quantitative estimate of drug-likeness (QED) is 0.583. The number of nitrogens with zero attached hydrogens (tertiary/aromatic N) is 4. The molecule has 7 nitrogen and oxygen atoms in total. The van der Waals surface area contributed by atoms with E-state index in [1.807, 2.05) is 13.2 Å². The zero-order valence-corrected chi connectivity index (χ0v) is 15.2. The molecule has 3 rings (SSSR count). The van der Waals surface area contributed by atoms with Crippen molar-refractivity contribution in [2.75, 3.05) is 64.4 Å². The Morgan fingerprint density at radius 2 is 2.00 bits per heavy atom. The van der Waals surface area contributed by atoms with Gasteiger partial charge in [0.2, 0.25) is 0 Å². The molecule has 138 valence electrons. The first-order chi connectivity index (χ1) is 12.3. The average Bonchev–Trinajstić information content (AvgIpc) is 3.20. The number of hydrogen-bond donors (Lipinski definition) is 2. The van der Waals surface area contributed by atoms with E-state index in [-0.39, 0.29) is 0 Å². The molecule has 1 aromatic heterocycles. The average molecular weight is 346 g/mol. The fraction of sp³-hybridized carbons (Fsp3) is 0.667. The van der Waals surface area contributed by atoms with Crippen LogP contribution in [0.5, 0.6) is 0 Å². The van der Waals surface area contributed by atoms with E-state index in [1.54, 1.807) is 0 Å². The lowest BCUT2D eigenvalue weighted by molar-refractivity contribution is 0.0389. The molecular weight excluding hydrogens is 316 g/mol. The smallest absolute Gasteiger partial charge is 0.191 e. The van der Waals surface area contributed by atoms with Crippen molar-refractivity contribution < 1.29 is 4.74 Å². The summed E-state index contributed by atoms with van der Waals surface area (Å²) < 4.78 is 5.38. The van der Waals surface area contributed by atoms with Gasteiger partial charge in [0.1, 0.15) is 5.82 Å². The Kier molecular flexibility index (Phi) is 6.88. The van der Waals surface area contributed by atoms with E-state index in [1.165, 1.54) is 18.4 Å². The van der Waals surface area contributed by atoms with Gasteiger partial charge < -0.3 is 20.3 Å². The SMILES string of the molecule is CN=C(NCCN1CCOCC1)NCc1ccnc(N2CCCC2)c1. The monoisotopic (exact) mass is 346 g/mol. The third kappa shape index (κ3) is 5.57. The summed E-state index contributed by atoms with van der Waals surface area (Å²) in [6, 6.07) is 4.24. The van der Waals surface area contributed by atoms with Crippen LogP contribution < -0.4 is 15.5 Å². The number of anilines is 1. The third-order valence-corrected chi connectivity index (χ3v) is 4.75. The second-order valence-electron chi connectivity index (χ2n) is 6.52. The molecule has 0 aromatic carbocycles. The van der Waals surface area contributed by atoms with Gasteiger partial charge in [-0.05, 0) is 30.5 Å². The van der Waals surface area contributed by atoms with E-state index < -0.39 is 0 Å². The van der Waals surface area contributed by atoms with Gasteiger partial charge in [0, 0.05) is 59.1 Å². The molecule has 2 N–H and O–H groups in total. The van der Waals surface area contributed by atoms with Gasteiger partial charge in [-0.2, -0.15) is 0 Å². The summed E-state index contributed by atoms with van der Waals surface area (Å²) in [6.07, 6.45) is 4.44. The van der Waals surface area contributed by atoms with Gasteiger partial charge in [0.25, 0.3) is 0 Å². The van der Waals surface area contributed by atoms with Crippen molar-refractivity contribution in [2.24, 2.45) is 4.99 Å². The van der Waals surface area contributed by atoms with Crippen LogP contribution in [0.1, 0.15) is 18.4 Å². The Bertz CT molecular complexity index is 552. The van der Waals surface area contributed by atoms with E-state index >= 15 is 0 Å². The molecule has 0 radical (unpaired) electrons. The Labute approximate surface area is 150 Å². The number of hydrogen-bond acceptors (Lipinski definition) is 5. The zero-order valence-electron chi connectivity index (χ0n) is 15.2. The number of aromatic nitrogens is 1. The predicted molar refractivity (Wildman–Crippen MR) is 101 cm³/mol. The van der Waals surface area contributed by atoms with E-state index in [0.29, 0.717) is 0 Å². The number of guanidine groups is 1. The van der Waals surface area contributed by atoms with E-state index in [9.17, 15) is 0 Å². The minimum atomic E-state index is 0.751. The molecule has 2 fully saturated rings. The molecule has 2 aliphatic rings. The number of ether oxygens (including phenoxy) is 1. The molecule has 0 spiro atoms. The van der Waals surface area contributed by atoms with Crippen LogP contribution in [0.4, 0.5) is 5.82 Å². The van der Waals surface area contributed by atoms with Crippen molar-refractivity contribution in [1.29, 1.82) is 0 Å². The number of morpholine rings is 1. The maximum Gasteiger partial charge on any atom is 0.191 e. The van der Waals surface area contributed by atoms with Gasteiger partial charge in [-0.15, -0.1) is 0 Å². The van der Waals surface area contributed by atoms with Crippen molar-refractivity contribution in [3.05, 3.63) is 23.9 Å². The van der Waals surface area contributed by atoms with Crippen LogP contribution in [0.3, 0.4) is 0 Å². The van der Waals surface area contributed by atoms with Crippen LogP contribution in [-0.4, -0.2) is 75.4 Å². The van der Waals surface area contributed by atoms with Gasteiger partial charge in [0.05, 0.1) is 13.2 Å². The van der Waals surface area contributed by atoms with E-state index in [4.69, 9.17) is 4.74 Å². The highest BCUT2D eigenvalue weighted by atomic mass is 16.5. The van der Waals surface area contributed by atoms with Crippen molar-refractivity contribution in [3.63, 3.8) is 0 Å². The van der Waals surface area contributed by atoms with E-state index in [2.05, 4.69) is 42.5 Å². The van der Waals surface area contributed by atoms with Gasteiger partial charge in [-0.25, -0.2) is 4.98 Å². The van der Waals surface area contributed by atoms with E-state index in [0.717, 1.165) is 70.8 Å². The first-order valence-electron chi connectivity index (χ1n) is 9.29. The third-order valence-electron chi connectivity index (χ3n) is 4.75. The molecule has 2 aliphatic heterocycles. The summed E-state index contributed by atoms with van der Waals surface area (Å²) in [6.45, 7) is 8.61. The van der Waals surface area contributed by atoms with Crippen molar-refractivity contribution in [2.45, 2.75) is 19.4 Å². The molecule has 0 amide bonds. The lowest BCUT2D eigenvalue weighted by Gasteiger charge is -2.26. The van der Waals surface area contributed by atoms with Gasteiger partial charge in [-0.3, -0.25) is 9.89 Å². The summed E-state index contributed by atoms with van der Waals surface area (Å²) in [5.41, 5.74) is 1.23.